The Balaban J connectivity index is 2.59. The van der Waals surface area contributed by atoms with Crippen LogP contribution in [0.2, 0.25) is 0 Å². The molecule has 0 bridgehead atoms. The minimum absolute atomic E-state index is 0.389. The maximum absolute atomic E-state index is 9.58. The lowest BCUT2D eigenvalue weighted by Crippen LogP contribution is -1.94. The van der Waals surface area contributed by atoms with Crippen LogP contribution in [0.4, 0.5) is 0 Å². The Morgan fingerprint density at radius 1 is 1.33 bits per heavy atom. The Hall–Kier alpha value is -0.600. The first-order chi connectivity index (χ1) is 5.84. The molecule has 1 nitrogen and oxygen atoms in total. The third kappa shape index (κ3) is 2.80. The van der Waals surface area contributed by atoms with E-state index in [9.17, 15) is 5.11 Å². The number of aliphatic hydroxyl groups excluding tert-OH is 1. The highest BCUT2D eigenvalue weighted by molar-refractivity contribution is 9.11. The van der Waals surface area contributed by atoms with Crippen LogP contribution < -0.4 is 0 Å². The molecule has 12 heavy (non-hydrogen) atoms. The van der Waals surface area contributed by atoms with Crippen LogP contribution in [0, 0.1) is 0 Å². The van der Waals surface area contributed by atoms with Gasteiger partial charge >= 0.3 is 0 Å². The van der Waals surface area contributed by atoms with Crippen molar-refractivity contribution in [3.05, 3.63) is 47.0 Å². The monoisotopic (exact) mass is 226 g/mol. The minimum Gasteiger partial charge on any atom is -0.388 e. The summed E-state index contributed by atoms with van der Waals surface area (Å²) < 4.78 is 0. The summed E-state index contributed by atoms with van der Waals surface area (Å²) >= 11 is 3.16. The molecule has 64 valence electrons. The second-order valence-electron chi connectivity index (χ2n) is 2.52. The fourth-order valence-corrected chi connectivity index (χ4v) is 1.21. The van der Waals surface area contributed by atoms with Gasteiger partial charge in [-0.15, -0.1) is 0 Å². The van der Waals surface area contributed by atoms with Crippen molar-refractivity contribution < 1.29 is 5.11 Å². The highest BCUT2D eigenvalue weighted by Crippen LogP contribution is 2.16. The normalized spacial score (nSPS) is 13.5. The molecule has 0 fully saturated rings. The summed E-state index contributed by atoms with van der Waals surface area (Å²) in [4.78, 5) is 1.76. The average molecular weight is 227 g/mol. The Morgan fingerprint density at radius 3 is 2.58 bits per heavy atom. The summed E-state index contributed by atoms with van der Waals surface area (Å²) in [5.74, 6) is 0. The molecule has 0 heterocycles. The van der Waals surface area contributed by atoms with Crippen molar-refractivity contribution in [2.75, 3.05) is 0 Å². The van der Waals surface area contributed by atoms with Crippen molar-refractivity contribution in [2.45, 2.75) is 12.5 Å². The van der Waals surface area contributed by atoms with Crippen molar-refractivity contribution in [3.8, 4) is 0 Å². The van der Waals surface area contributed by atoms with Gasteiger partial charge in [0.1, 0.15) is 0 Å². The van der Waals surface area contributed by atoms with E-state index in [-0.39, 0.29) is 6.10 Å². The molecule has 1 rings (SSSR count). The molecule has 0 radical (unpaired) electrons. The molecule has 1 N–H and O–H groups in total. The van der Waals surface area contributed by atoms with Gasteiger partial charge in [0.05, 0.1) is 6.10 Å². The van der Waals surface area contributed by atoms with Crippen LogP contribution in [0.1, 0.15) is 18.1 Å². The van der Waals surface area contributed by atoms with Crippen molar-refractivity contribution in [3.63, 3.8) is 0 Å². The highest BCUT2D eigenvalue weighted by Gasteiger charge is 2.02. The molecule has 2 heteroatoms. The van der Waals surface area contributed by atoms with Gasteiger partial charge in [-0.05, 0) is 17.0 Å². The molecule has 1 unspecified atom stereocenters. The van der Waals surface area contributed by atoms with Crippen LogP contribution >= 0.6 is 15.9 Å². The molecule has 0 aliphatic heterocycles. The quantitative estimate of drug-likeness (QED) is 0.841. The fraction of sp³-hybridized carbons (Fsp3) is 0.200. The van der Waals surface area contributed by atoms with Crippen LogP contribution in [-0.2, 0) is 0 Å². The molecular formula is C10H11BrO. The summed E-state index contributed by atoms with van der Waals surface area (Å²) in [5.41, 5.74) is 0.961. The number of benzene rings is 1. The number of rotatable bonds is 3. The Bertz CT molecular complexity index is 243. The van der Waals surface area contributed by atoms with Gasteiger partial charge in [-0.2, -0.15) is 0 Å². The van der Waals surface area contributed by atoms with E-state index in [0.29, 0.717) is 6.42 Å². The largest absolute Gasteiger partial charge is 0.388 e. The molecule has 0 aromatic heterocycles. The Labute approximate surface area is 80.9 Å². The zero-order valence-electron chi connectivity index (χ0n) is 6.65. The number of aliphatic hydroxyl groups is 1. The average Bonchev–Trinajstić information content (AvgIpc) is 2.15. The van der Waals surface area contributed by atoms with E-state index >= 15 is 0 Å². The molecule has 1 aromatic rings. The summed E-state index contributed by atoms with van der Waals surface area (Å²) in [7, 11) is 0. The van der Waals surface area contributed by atoms with Crippen LogP contribution in [0.3, 0.4) is 0 Å². The number of halogens is 1. The lowest BCUT2D eigenvalue weighted by molar-refractivity contribution is 0.181. The zero-order chi connectivity index (χ0) is 8.81. The van der Waals surface area contributed by atoms with Crippen molar-refractivity contribution in [1.29, 1.82) is 0 Å². The topological polar surface area (TPSA) is 20.2 Å². The van der Waals surface area contributed by atoms with Gasteiger partial charge in [-0.25, -0.2) is 0 Å². The third-order valence-electron chi connectivity index (χ3n) is 1.63. The standard InChI is InChI=1S/C10H11BrO/c11-8-4-7-10(12)9-5-2-1-3-6-9/h1-6,8,10,12H,7H2/b8-4-. The van der Waals surface area contributed by atoms with Gasteiger partial charge in [0, 0.05) is 0 Å². The molecule has 0 aliphatic rings. The Kier molecular flexibility index (Phi) is 4.05. The first kappa shape index (κ1) is 9.49. The molecular weight excluding hydrogens is 216 g/mol. The second kappa shape index (κ2) is 5.12. The second-order valence-corrected chi connectivity index (χ2v) is 3.05. The van der Waals surface area contributed by atoms with Gasteiger partial charge in [0.15, 0.2) is 0 Å². The molecule has 0 saturated carbocycles. The summed E-state index contributed by atoms with van der Waals surface area (Å²) in [6.07, 6.45) is 2.15. The zero-order valence-corrected chi connectivity index (χ0v) is 8.24. The van der Waals surface area contributed by atoms with E-state index in [1.165, 1.54) is 0 Å². The SMILES string of the molecule is OC(C/C=C\Br)c1ccccc1. The van der Waals surface area contributed by atoms with Gasteiger partial charge in [-0.1, -0.05) is 52.3 Å². The van der Waals surface area contributed by atoms with Gasteiger partial charge in [0.25, 0.3) is 0 Å². The molecule has 0 saturated heterocycles. The van der Waals surface area contributed by atoms with E-state index in [2.05, 4.69) is 15.9 Å². The number of hydrogen-bond donors (Lipinski definition) is 1. The summed E-state index contributed by atoms with van der Waals surface area (Å²) in [6.45, 7) is 0. The Morgan fingerprint density at radius 2 is 2.00 bits per heavy atom. The van der Waals surface area contributed by atoms with Crippen molar-refractivity contribution in [2.24, 2.45) is 0 Å². The molecule has 0 aliphatic carbocycles. The van der Waals surface area contributed by atoms with Crippen LogP contribution in [-0.4, -0.2) is 5.11 Å². The van der Waals surface area contributed by atoms with Gasteiger partial charge < -0.3 is 5.11 Å². The molecule has 0 amide bonds. The van der Waals surface area contributed by atoms with Crippen LogP contribution in [0.15, 0.2) is 41.4 Å². The van der Waals surface area contributed by atoms with E-state index in [1.807, 2.05) is 36.4 Å². The van der Waals surface area contributed by atoms with E-state index in [4.69, 9.17) is 0 Å². The van der Waals surface area contributed by atoms with E-state index in [1.54, 1.807) is 4.99 Å². The van der Waals surface area contributed by atoms with Gasteiger partial charge in [0.2, 0.25) is 0 Å². The first-order valence-electron chi connectivity index (χ1n) is 3.83. The molecule has 0 spiro atoms. The van der Waals surface area contributed by atoms with E-state index < -0.39 is 0 Å². The van der Waals surface area contributed by atoms with Gasteiger partial charge in [-0.3, -0.25) is 0 Å². The van der Waals surface area contributed by atoms with Crippen LogP contribution in [0.5, 0.6) is 0 Å². The predicted octanol–water partition coefficient (Wildman–Crippen LogP) is 3.02. The smallest absolute Gasteiger partial charge is 0.0824 e. The first-order valence-corrected chi connectivity index (χ1v) is 4.74. The van der Waals surface area contributed by atoms with E-state index in [0.717, 1.165) is 5.56 Å². The maximum Gasteiger partial charge on any atom is 0.0824 e. The lowest BCUT2D eigenvalue weighted by Gasteiger charge is -2.06. The molecule has 1 aromatic carbocycles. The maximum atomic E-state index is 9.58. The minimum atomic E-state index is -0.389. The molecule has 1 atom stereocenters. The van der Waals surface area contributed by atoms with Crippen molar-refractivity contribution >= 4 is 15.9 Å². The van der Waals surface area contributed by atoms with Crippen molar-refractivity contribution in [1.82, 2.24) is 0 Å². The third-order valence-corrected chi connectivity index (χ3v) is 2.01. The predicted molar refractivity (Wildman–Crippen MR) is 54.1 cm³/mol. The lowest BCUT2D eigenvalue weighted by atomic mass is 10.1. The van der Waals surface area contributed by atoms with Crippen LogP contribution in [0.25, 0.3) is 0 Å². The summed E-state index contributed by atoms with van der Waals surface area (Å²) in [6, 6.07) is 9.64. The number of hydrogen-bond acceptors (Lipinski definition) is 1. The highest BCUT2D eigenvalue weighted by atomic mass is 79.9. The summed E-state index contributed by atoms with van der Waals surface area (Å²) in [5, 5.41) is 9.58. The fourth-order valence-electron chi connectivity index (χ4n) is 0.992.